The third kappa shape index (κ3) is 2.63. The second-order valence-electron chi connectivity index (χ2n) is 6.15. The molecule has 0 bridgehead atoms. The fourth-order valence-corrected chi connectivity index (χ4v) is 3.77. The maximum Gasteiger partial charge on any atom is 0.288 e. The second kappa shape index (κ2) is 6.06. The van der Waals surface area contributed by atoms with Crippen LogP contribution in [0, 0.1) is 10.1 Å². The average Bonchev–Trinajstić information content (AvgIpc) is 2.99. The molecule has 7 heteroatoms. The summed E-state index contributed by atoms with van der Waals surface area (Å²) in [6.45, 7) is 0.915. The molecule has 1 atom stereocenters. The number of benzene rings is 2. The zero-order valence-corrected chi connectivity index (χ0v) is 14.3. The molecule has 0 spiro atoms. The zero-order valence-electron chi connectivity index (χ0n) is 13.6. The van der Waals surface area contributed by atoms with Gasteiger partial charge in [0.15, 0.2) is 6.04 Å². The van der Waals surface area contributed by atoms with E-state index in [0.717, 1.165) is 40.9 Å². The predicted octanol–water partition coefficient (Wildman–Crippen LogP) is 2.95. The van der Waals surface area contributed by atoms with Crippen LogP contribution in [-0.4, -0.2) is 23.6 Å². The van der Waals surface area contributed by atoms with Crippen molar-refractivity contribution in [2.45, 2.75) is 12.5 Å². The van der Waals surface area contributed by atoms with E-state index in [2.05, 4.69) is 10.3 Å². The molecule has 3 N–H and O–H groups in total. The van der Waals surface area contributed by atoms with Gasteiger partial charge in [0.1, 0.15) is 10.8 Å². The summed E-state index contributed by atoms with van der Waals surface area (Å²) in [7, 11) is 1.66. The van der Waals surface area contributed by atoms with Crippen molar-refractivity contribution in [2.24, 2.45) is 0 Å². The van der Waals surface area contributed by atoms with Gasteiger partial charge in [0, 0.05) is 29.0 Å². The summed E-state index contributed by atoms with van der Waals surface area (Å²) >= 11 is 5.95. The number of ether oxygens (including phenoxy) is 1. The standard InChI is InChI=1S/C18H16ClN3O3/c1-25-11-3-5-15-13(9-11)12-6-7-20-17(18(12)21-15)10-2-4-14(19)16(8-10)22(23)24/h2-5,8-9,17,20-21H,6-7H2,1H3/p+1/t17-/m0/s1. The van der Waals surface area contributed by atoms with Crippen molar-refractivity contribution in [1.29, 1.82) is 0 Å². The quantitative estimate of drug-likeness (QED) is 0.557. The van der Waals surface area contributed by atoms with E-state index in [-0.39, 0.29) is 16.8 Å². The second-order valence-corrected chi connectivity index (χ2v) is 6.56. The molecule has 0 unspecified atom stereocenters. The van der Waals surface area contributed by atoms with Gasteiger partial charge in [-0.1, -0.05) is 17.7 Å². The van der Waals surface area contributed by atoms with Gasteiger partial charge in [-0.3, -0.25) is 10.1 Å². The number of nitro benzene ring substituents is 1. The summed E-state index contributed by atoms with van der Waals surface area (Å²) in [5.41, 5.74) is 4.20. The van der Waals surface area contributed by atoms with Gasteiger partial charge < -0.3 is 15.0 Å². The maximum atomic E-state index is 11.2. The number of nitro groups is 1. The number of aromatic nitrogens is 1. The van der Waals surface area contributed by atoms with Crippen LogP contribution in [0.25, 0.3) is 10.9 Å². The average molecular weight is 359 g/mol. The summed E-state index contributed by atoms with van der Waals surface area (Å²) < 4.78 is 5.34. The van der Waals surface area contributed by atoms with Gasteiger partial charge in [0.25, 0.3) is 5.69 Å². The molecule has 0 saturated carbocycles. The molecule has 0 saturated heterocycles. The highest BCUT2D eigenvalue weighted by atomic mass is 35.5. The molecular weight excluding hydrogens is 342 g/mol. The number of hydrogen-bond acceptors (Lipinski definition) is 3. The van der Waals surface area contributed by atoms with Crippen LogP contribution in [0.4, 0.5) is 5.69 Å². The number of aromatic amines is 1. The number of nitrogens with two attached hydrogens (primary N) is 1. The van der Waals surface area contributed by atoms with Gasteiger partial charge in [0.2, 0.25) is 0 Å². The topological polar surface area (TPSA) is 84.8 Å². The van der Waals surface area contributed by atoms with Gasteiger partial charge in [-0.25, -0.2) is 0 Å². The minimum Gasteiger partial charge on any atom is -0.497 e. The number of hydrogen-bond donors (Lipinski definition) is 2. The lowest BCUT2D eigenvalue weighted by molar-refractivity contribution is -0.690. The molecule has 1 aliphatic heterocycles. The van der Waals surface area contributed by atoms with Gasteiger partial charge in [-0.15, -0.1) is 0 Å². The Labute approximate surface area is 148 Å². The van der Waals surface area contributed by atoms with E-state index >= 15 is 0 Å². The summed E-state index contributed by atoms with van der Waals surface area (Å²) in [6.07, 6.45) is 0.939. The van der Waals surface area contributed by atoms with Crippen LogP contribution in [0.3, 0.4) is 0 Å². The van der Waals surface area contributed by atoms with Crippen LogP contribution in [0.1, 0.15) is 22.9 Å². The van der Waals surface area contributed by atoms with E-state index in [1.54, 1.807) is 19.2 Å². The van der Waals surface area contributed by atoms with Crippen molar-refractivity contribution >= 4 is 28.2 Å². The molecule has 128 valence electrons. The summed E-state index contributed by atoms with van der Waals surface area (Å²) in [6, 6.07) is 11.0. The third-order valence-electron chi connectivity index (χ3n) is 4.78. The van der Waals surface area contributed by atoms with Gasteiger partial charge in [0.05, 0.1) is 24.3 Å². The van der Waals surface area contributed by atoms with Crippen molar-refractivity contribution in [3.8, 4) is 5.75 Å². The van der Waals surface area contributed by atoms with Crippen LogP contribution in [-0.2, 0) is 6.42 Å². The van der Waals surface area contributed by atoms with Crippen molar-refractivity contribution in [3.05, 3.63) is 68.4 Å². The molecule has 2 aromatic carbocycles. The third-order valence-corrected chi connectivity index (χ3v) is 5.10. The normalized spacial score (nSPS) is 16.6. The highest BCUT2D eigenvalue weighted by molar-refractivity contribution is 6.32. The molecule has 0 aliphatic carbocycles. The Morgan fingerprint density at radius 1 is 1.32 bits per heavy atom. The molecule has 3 aromatic rings. The molecule has 1 aliphatic rings. The maximum absolute atomic E-state index is 11.2. The molecule has 4 rings (SSSR count). The molecule has 6 nitrogen and oxygen atoms in total. The van der Waals surface area contributed by atoms with Gasteiger partial charge in [-0.05, 0) is 29.8 Å². The number of quaternary nitrogens is 1. The SMILES string of the molecule is COc1ccc2[nH]c3c(c2c1)CC[NH2+][C@H]3c1ccc(Cl)c([N+](=O)[O-])c1. The predicted molar refractivity (Wildman–Crippen MR) is 95.3 cm³/mol. The molecule has 0 fully saturated rings. The smallest absolute Gasteiger partial charge is 0.288 e. The number of rotatable bonds is 3. The van der Waals surface area contributed by atoms with E-state index in [1.165, 1.54) is 5.56 Å². The first-order valence-corrected chi connectivity index (χ1v) is 8.42. The number of H-pyrrole nitrogens is 1. The van der Waals surface area contributed by atoms with E-state index in [9.17, 15) is 10.1 Å². The summed E-state index contributed by atoms with van der Waals surface area (Å²) in [5.74, 6) is 0.822. The number of nitrogens with zero attached hydrogens (tertiary/aromatic N) is 1. The van der Waals surface area contributed by atoms with Crippen molar-refractivity contribution in [1.82, 2.24) is 4.98 Å². The van der Waals surface area contributed by atoms with Crippen molar-refractivity contribution in [3.63, 3.8) is 0 Å². The first kappa shape index (κ1) is 15.9. The Morgan fingerprint density at radius 2 is 2.16 bits per heavy atom. The first-order chi connectivity index (χ1) is 12.1. The Bertz CT molecular complexity index is 983. The highest BCUT2D eigenvalue weighted by Crippen LogP contribution is 2.34. The number of methoxy groups -OCH3 is 1. The van der Waals surface area contributed by atoms with E-state index in [1.807, 2.05) is 24.3 Å². The monoisotopic (exact) mass is 358 g/mol. The van der Waals surface area contributed by atoms with Gasteiger partial charge in [-0.2, -0.15) is 0 Å². The molecule has 25 heavy (non-hydrogen) atoms. The molecule has 2 heterocycles. The Hall–Kier alpha value is -2.57. The Morgan fingerprint density at radius 3 is 2.92 bits per heavy atom. The van der Waals surface area contributed by atoms with Crippen molar-refractivity contribution < 1.29 is 15.0 Å². The molecule has 0 radical (unpaired) electrons. The van der Waals surface area contributed by atoms with E-state index in [0.29, 0.717) is 0 Å². The minimum absolute atomic E-state index is 0.0156. The zero-order chi connectivity index (χ0) is 17.6. The first-order valence-electron chi connectivity index (χ1n) is 8.04. The lowest BCUT2D eigenvalue weighted by atomic mass is 9.94. The summed E-state index contributed by atoms with van der Waals surface area (Å²) in [4.78, 5) is 14.3. The van der Waals surface area contributed by atoms with Crippen LogP contribution < -0.4 is 10.1 Å². The number of halogens is 1. The van der Waals surface area contributed by atoms with E-state index in [4.69, 9.17) is 16.3 Å². The fraction of sp³-hybridized carbons (Fsp3) is 0.222. The van der Waals surface area contributed by atoms with E-state index < -0.39 is 4.92 Å². The van der Waals surface area contributed by atoms with Crippen LogP contribution in [0.2, 0.25) is 5.02 Å². The fourth-order valence-electron chi connectivity index (χ4n) is 3.59. The van der Waals surface area contributed by atoms with Gasteiger partial charge >= 0.3 is 0 Å². The van der Waals surface area contributed by atoms with Crippen LogP contribution in [0.15, 0.2) is 36.4 Å². The largest absolute Gasteiger partial charge is 0.497 e. The Kier molecular flexibility index (Phi) is 3.86. The van der Waals surface area contributed by atoms with Crippen LogP contribution >= 0.6 is 11.6 Å². The van der Waals surface area contributed by atoms with Crippen molar-refractivity contribution in [2.75, 3.05) is 13.7 Å². The molecule has 1 aromatic heterocycles. The molecule has 0 amide bonds. The minimum atomic E-state index is -0.439. The number of fused-ring (bicyclic) bond motifs is 3. The number of nitrogens with one attached hydrogen (secondary N) is 1. The molecular formula is C18H17ClN3O3+. The lowest BCUT2D eigenvalue weighted by Gasteiger charge is -2.21. The highest BCUT2D eigenvalue weighted by Gasteiger charge is 2.30. The van der Waals surface area contributed by atoms with Crippen LogP contribution in [0.5, 0.6) is 5.75 Å². The lowest BCUT2D eigenvalue weighted by Crippen LogP contribution is -2.87. The Balaban J connectivity index is 1.85. The summed E-state index contributed by atoms with van der Waals surface area (Å²) in [5, 5.41) is 14.7.